The molecule has 0 aromatic heterocycles. The summed E-state index contributed by atoms with van der Waals surface area (Å²) in [6.45, 7) is 3.95. The van der Waals surface area contributed by atoms with Crippen molar-refractivity contribution in [2.45, 2.75) is 32.7 Å². The highest BCUT2D eigenvalue weighted by Crippen LogP contribution is 2.10. The van der Waals surface area contributed by atoms with Gasteiger partial charge in [-0.15, -0.1) is 0 Å². The normalized spacial score (nSPS) is 14.1. The van der Waals surface area contributed by atoms with Gasteiger partial charge in [0.15, 0.2) is 0 Å². The summed E-state index contributed by atoms with van der Waals surface area (Å²) in [5.41, 5.74) is 0. The molecule has 100 valence electrons. The first-order valence-electron chi connectivity index (χ1n) is 5.78. The number of thiol groups is 1. The summed E-state index contributed by atoms with van der Waals surface area (Å²) in [5, 5.41) is 11.6. The fourth-order valence-electron chi connectivity index (χ4n) is 1.35. The van der Waals surface area contributed by atoms with E-state index in [9.17, 15) is 9.59 Å². The summed E-state index contributed by atoms with van der Waals surface area (Å²) >= 11 is 5.62. The van der Waals surface area contributed by atoms with Crippen LogP contribution >= 0.6 is 24.4 Å². The molecule has 0 bridgehead atoms. The van der Waals surface area contributed by atoms with Gasteiger partial charge in [-0.3, -0.25) is 4.79 Å². The molecule has 0 radical (unpaired) electrons. The fourth-order valence-corrected chi connectivity index (χ4v) is 2.40. The number of carboxylic acid groups (broad SMARTS) is 1. The number of carboxylic acids is 1. The molecule has 4 nitrogen and oxygen atoms in total. The summed E-state index contributed by atoms with van der Waals surface area (Å²) in [7, 11) is 0. The van der Waals surface area contributed by atoms with Gasteiger partial charge in [-0.25, -0.2) is 4.79 Å². The molecule has 1 unspecified atom stereocenters. The molecule has 2 atom stereocenters. The second-order valence-electron chi connectivity index (χ2n) is 3.73. The largest absolute Gasteiger partial charge is 0.480 e. The van der Waals surface area contributed by atoms with Crippen molar-refractivity contribution in [3.8, 4) is 0 Å². The topological polar surface area (TPSA) is 66.4 Å². The molecular formula is C11H21NO3S2. The first kappa shape index (κ1) is 16.6. The van der Waals surface area contributed by atoms with E-state index >= 15 is 0 Å². The van der Waals surface area contributed by atoms with E-state index in [1.807, 2.05) is 13.8 Å². The fraction of sp³-hybridized carbons (Fsp3) is 0.818. The Kier molecular flexibility index (Phi) is 9.44. The highest BCUT2D eigenvalue weighted by atomic mass is 32.2. The van der Waals surface area contributed by atoms with Crippen LogP contribution in [0.4, 0.5) is 0 Å². The van der Waals surface area contributed by atoms with Crippen molar-refractivity contribution in [1.29, 1.82) is 0 Å². The summed E-state index contributed by atoms with van der Waals surface area (Å²) in [6.07, 6.45) is 1.63. The van der Waals surface area contributed by atoms with E-state index in [1.165, 1.54) is 11.8 Å². The van der Waals surface area contributed by atoms with Gasteiger partial charge in [0, 0.05) is 17.4 Å². The Bertz CT molecular complexity index is 249. The quantitative estimate of drug-likeness (QED) is 0.562. The van der Waals surface area contributed by atoms with E-state index in [0.717, 1.165) is 18.6 Å². The van der Waals surface area contributed by atoms with E-state index in [0.29, 0.717) is 11.5 Å². The molecule has 6 heteroatoms. The number of carbonyl (C=O) groups excluding carboxylic acids is 1. The molecule has 0 spiro atoms. The number of thioether (sulfide) groups is 1. The second-order valence-corrected chi connectivity index (χ2v) is 5.41. The maximum atomic E-state index is 11.8. The van der Waals surface area contributed by atoms with Crippen molar-refractivity contribution in [2.75, 3.05) is 17.3 Å². The van der Waals surface area contributed by atoms with Crippen LogP contribution in [0.1, 0.15) is 26.7 Å². The summed E-state index contributed by atoms with van der Waals surface area (Å²) in [6, 6.07) is -0.799. The smallest absolute Gasteiger partial charge is 0.327 e. The molecule has 0 saturated heterocycles. The molecule has 2 N–H and O–H groups in total. The third kappa shape index (κ3) is 6.83. The van der Waals surface area contributed by atoms with Gasteiger partial charge in [0.05, 0.1) is 0 Å². The van der Waals surface area contributed by atoms with Crippen LogP contribution in [0.3, 0.4) is 0 Å². The SMILES string of the molecule is CCCC(CS)C(=O)N[C@@H](CSCC)C(=O)O. The molecule has 0 aromatic rings. The van der Waals surface area contributed by atoms with E-state index in [-0.39, 0.29) is 11.8 Å². The summed E-state index contributed by atoms with van der Waals surface area (Å²) < 4.78 is 0. The van der Waals surface area contributed by atoms with Gasteiger partial charge in [0.1, 0.15) is 6.04 Å². The summed E-state index contributed by atoms with van der Waals surface area (Å²) in [4.78, 5) is 22.8. The first-order valence-corrected chi connectivity index (χ1v) is 7.57. The average molecular weight is 279 g/mol. The Morgan fingerprint density at radius 2 is 2.06 bits per heavy atom. The third-order valence-electron chi connectivity index (χ3n) is 2.33. The van der Waals surface area contributed by atoms with E-state index in [2.05, 4.69) is 17.9 Å². The highest BCUT2D eigenvalue weighted by molar-refractivity contribution is 7.99. The standard InChI is InChI=1S/C11H21NO3S2/c1-3-5-8(6-16)10(13)12-9(11(14)15)7-17-4-2/h8-9,16H,3-7H2,1-2H3,(H,12,13)(H,14,15)/t8?,9-/m0/s1. The van der Waals surface area contributed by atoms with Gasteiger partial charge in [-0.1, -0.05) is 20.3 Å². The number of hydrogen-bond acceptors (Lipinski definition) is 4. The molecule has 1 amide bonds. The molecule has 17 heavy (non-hydrogen) atoms. The third-order valence-corrected chi connectivity index (χ3v) is 3.75. The summed E-state index contributed by atoms with van der Waals surface area (Å²) in [5.74, 6) is 0.317. The number of rotatable bonds is 9. The molecule has 0 saturated carbocycles. The lowest BCUT2D eigenvalue weighted by atomic mass is 10.0. The van der Waals surface area contributed by atoms with E-state index in [1.54, 1.807) is 0 Å². The van der Waals surface area contributed by atoms with Crippen LogP contribution in [0.25, 0.3) is 0 Å². The molecule has 0 fully saturated rings. The predicted molar refractivity (Wildman–Crippen MR) is 74.8 cm³/mol. The molecule has 0 heterocycles. The van der Waals surface area contributed by atoms with Gasteiger partial charge in [-0.2, -0.15) is 24.4 Å². The van der Waals surface area contributed by atoms with Crippen molar-refractivity contribution in [3.63, 3.8) is 0 Å². The number of carbonyl (C=O) groups is 2. The van der Waals surface area contributed by atoms with Crippen LogP contribution in [0.2, 0.25) is 0 Å². The van der Waals surface area contributed by atoms with Crippen molar-refractivity contribution >= 4 is 36.3 Å². The van der Waals surface area contributed by atoms with Crippen LogP contribution in [0, 0.1) is 5.92 Å². The first-order chi connectivity index (χ1) is 8.06. The maximum Gasteiger partial charge on any atom is 0.327 e. The Balaban J connectivity index is 4.32. The van der Waals surface area contributed by atoms with E-state index < -0.39 is 12.0 Å². The lowest BCUT2D eigenvalue weighted by molar-refractivity contribution is -0.141. The Morgan fingerprint density at radius 3 is 2.47 bits per heavy atom. The predicted octanol–water partition coefficient (Wildman–Crippen LogP) is 1.66. The van der Waals surface area contributed by atoms with Gasteiger partial charge in [-0.05, 0) is 12.2 Å². The van der Waals surface area contributed by atoms with Crippen LogP contribution in [0.5, 0.6) is 0 Å². The minimum absolute atomic E-state index is 0.197. The Labute approximate surface area is 112 Å². The molecule has 0 aliphatic heterocycles. The monoisotopic (exact) mass is 279 g/mol. The minimum atomic E-state index is -0.978. The van der Waals surface area contributed by atoms with Gasteiger partial charge in [0.25, 0.3) is 0 Å². The Morgan fingerprint density at radius 1 is 1.41 bits per heavy atom. The van der Waals surface area contributed by atoms with Crippen LogP contribution < -0.4 is 5.32 Å². The molecule has 0 aromatic carbocycles. The van der Waals surface area contributed by atoms with Gasteiger partial charge < -0.3 is 10.4 Å². The highest BCUT2D eigenvalue weighted by Gasteiger charge is 2.23. The van der Waals surface area contributed by atoms with Gasteiger partial charge >= 0.3 is 5.97 Å². The number of hydrogen-bond donors (Lipinski definition) is 3. The van der Waals surface area contributed by atoms with Crippen molar-refractivity contribution < 1.29 is 14.7 Å². The average Bonchev–Trinajstić information content (AvgIpc) is 2.30. The molecule has 0 rings (SSSR count). The molecular weight excluding hydrogens is 258 g/mol. The van der Waals surface area contributed by atoms with Crippen LogP contribution in [-0.2, 0) is 9.59 Å². The zero-order valence-corrected chi connectivity index (χ0v) is 12.0. The van der Waals surface area contributed by atoms with Crippen molar-refractivity contribution in [2.24, 2.45) is 5.92 Å². The second kappa shape index (κ2) is 9.65. The number of nitrogens with one attached hydrogen (secondary N) is 1. The number of aliphatic carboxylic acids is 1. The maximum absolute atomic E-state index is 11.8. The van der Waals surface area contributed by atoms with E-state index in [4.69, 9.17) is 5.11 Å². The van der Waals surface area contributed by atoms with Crippen LogP contribution in [-0.4, -0.2) is 40.3 Å². The zero-order valence-electron chi connectivity index (χ0n) is 10.3. The lowest BCUT2D eigenvalue weighted by Crippen LogP contribution is -2.45. The van der Waals surface area contributed by atoms with Gasteiger partial charge in [0.2, 0.25) is 5.91 Å². The lowest BCUT2D eigenvalue weighted by Gasteiger charge is -2.18. The van der Waals surface area contributed by atoms with Crippen molar-refractivity contribution in [3.05, 3.63) is 0 Å². The molecule has 0 aliphatic rings. The molecule has 0 aliphatic carbocycles. The van der Waals surface area contributed by atoms with Crippen molar-refractivity contribution in [1.82, 2.24) is 5.32 Å². The number of amides is 1. The zero-order chi connectivity index (χ0) is 13.3. The van der Waals surface area contributed by atoms with Crippen LogP contribution in [0.15, 0.2) is 0 Å². The minimum Gasteiger partial charge on any atom is -0.480 e. The Hall–Kier alpha value is -0.360.